The first-order valence-electron chi connectivity index (χ1n) is 7.07. The summed E-state index contributed by atoms with van der Waals surface area (Å²) in [7, 11) is -3.17. The second kappa shape index (κ2) is 5.60. The number of carbonyl (C=O) groups is 1. The van der Waals surface area contributed by atoms with E-state index in [9.17, 15) is 13.2 Å². The quantitative estimate of drug-likeness (QED) is 0.844. The molecule has 22 heavy (non-hydrogen) atoms. The van der Waals surface area contributed by atoms with Crippen LogP contribution in [0, 0.1) is 0 Å². The van der Waals surface area contributed by atoms with Gasteiger partial charge >= 0.3 is 0 Å². The van der Waals surface area contributed by atoms with Gasteiger partial charge in [0.1, 0.15) is 0 Å². The van der Waals surface area contributed by atoms with Crippen LogP contribution >= 0.6 is 0 Å². The Morgan fingerprint density at radius 1 is 1.50 bits per heavy atom. The molecule has 7 nitrogen and oxygen atoms in total. The van der Waals surface area contributed by atoms with Gasteiger partial charge in [-0.2, -0.15) is 5.10 Å². The largest absolute Gasteiger partial charge is 0.459 e. The van der Waals surface area contributed by atoms with Crippen LogP contribution in [0.3, 0.4) is 0 Å². The summed E-state index contributed by atoms with van der Waals surface area (Å²) in [6.45, 7) is 2.79. The number of hydrogen-bond donors (Lipinski definition) is 0. The van der Waals surface area contributed by atoms with Crippen molar-refractivity contribution >= 4 is 15.7 Å². The molecule has 1 saturated heterocycles. The molecule has 3 heterocycles. The summed E-state index contributed by atoms with van der Waals surface area (Å²) >= 11 is 0. The highest BCUT2D eigenvalue weighted by Crippen LogP contribution is 2.28. The third kappa shape index (κ3) is 2.78. The maximum atomic E-state index is 12.5. The lowest BCUT2D eigenvalue weighted by atomic mass is 10.1. The first-order valence-corrected chi connectivity index (χ1v) is 8.89. The molecule has 1 aliphatic heterocycles. The van der Waals surface area contributed by atoms with Gasteiger partial charge in [-0.1, -0.05) is 0 Å². The zero-order valence-electron chi connectivity index (χ0n) is 12.2. The maximum absolute atomic E-state index is 12.5. The van der Waals surface area contributed by atoms with E-state index in [1.165, 1.54) is 6.26 Å². The molecule has 3 rings (SSSR count). The monoisotopic (exact) mass is 323 g/mol. The van der Waals surface area contributed by atoms with E-state index in [1.54, 1.807) is 34.1 Å². The van der Waals surface area contributed by atoms with Gasteiger partial charge in [0.15, 0.2) is 15.6 Å². The molecule has 0 aliphatic carbocycles. The number of aromatic nitrogens is 2. The van der Waals surface area contributed by atoms with Crippen molar-refractivity contribution in [2.75, 3.05) is 18.1 Å². The fraction of sp³-hybridized carbons (Fsp3) is 0.429. The van der Waals surface area contributed by atoms with Gasteiger partial charge in [-0.3, -0.25) is 9.48 Å². The van der Waals surface area contributed by atoms with Crippen LogP contribution in [0.5, 0.6) is 0 Å². The molecule has 0 radical (unpaired) electrons. The Morgan fingerprint density at radius 3 is 2.95 bits per heavy atom. The maximum Gasteiger partial charge on any atom is 0.290 e. The van der Waals surface area contributed by atoms with Crippen LogP contribution in [0.25, 0.3) is 0 Å². The summed E-state index contributed by atoms with van der Waals surface area (Å²) in [5.74, 6) is -0.200. The normalized spacial score (nSPS) is 21.0. The van der Waals surface area contributed by atoms with Gasteiger partial charge in [-0.15, -0.1) is 0 Å². The van der Waals surface area contributed by atoms with Crippen LogP contribution < -0.4 is 0 Å². The molecule has 1 amide bonds. The molecule has 0 N–H and O–H groups in total. The number of carbonyl (C=O) groups excluding carboxylic acids is 1. The average molecular weight is 323 g/mol. The Balaban J connectivity index is 1.94. The first kappa shape index (κ1) is 14.8. The lowest BCUT2D eigenvalue weighted by Gasteiger charge is -2.34. The summed E-state index contributed by atoms with van der Waals surface area (Å²) in [6, 6.07) is 2.69. The molecule has 0 unspecified atom stereocenters. The molecule has 8 heteroatoms. The van der Waals surface area contributed by atoms with Crippen molar-refractivity contribution in [1.82, 2.24) is 14.7 Å². The highest BCUT2D eigenvalue weighted by molar-refractivity contribution is 7.91. The highest BCUT2D eigenvalue weighted by Gasteiger charge is 2.36. The van der Waals surface area contributed by atoms with Crippen molar-refractivity contribution in [2.24, 2.45) is 0 Å². The standard InChI is InChI=1S/C14H17N3O4S/c1-2-16-9-11(8-15-16)12-10-22(19,20)7-5-17(12)14(18)13-4-3-6-21-13/h3-4,6,8-9,12H,2,5,7,10H2,1H3/t12-/m0/s1. The lowest BCUT2D eigenvalue weighted by molar-refractivity contribution is 0.0665. The Labute approximate surface area is 128 Å². The zero-order valence-corrected chi connectivity index (χ0v) is 13.0. The minimum Gasteiger partial charge on any atom is -0.459 e. The minimum absolute atomic E-state index is 0.0299. The number of amides is 1. The van der Waals surface area contributed by atoms with Crippen LogP contribution in [0.15, 0.2) is 35.2 Å². The Kier molecular flexibility index (Phi) is 3.78. The van der Waals surface area contributed by atoms with E-state index in [0.29, 0.717) is 6.54 Å². The van der Waals surface area contributed by atoms with E-state index < -0.39 is 15.9 Å². The molecule has 0 spiro atoms. The van der Waals surface area contributed by atoms with E-state index in [-0.39, 0.29) is 29.7 Å². The molecule has 0 aromatic carbocycles. The molecule has 0 saturated carbocycles. The molecule has 118 valence electrons. The summed E-state index contributed by atoms with van der Waals surface area (Å²) in [6.07, 6.45) is 4.84. The van der Waals surface area contributed by atoms with Crippen molar-refractivity contribution in [3.8, 4) is 0 Å². The van der Waals surface area contributed by atoms with Crippen LogP contribution in [-0.4, -0.2) is 47.1 Å². The van der Waals surface area contributed by atoms with Crippen molar-refractivity contribution in [3.63, 3.8) is 0 Å². The predicted octanol–water partition coefficient (Wildman–Crippen LogP) is 1.11. The SMILES string of the molecule is CCn1cc([C@@H]2CS(=O)(=O)CCN2C(=O)c2ccco2)cn1. The van der Waals surface area contributed by atoms with Gasteiger partial charge in [-0.25, -0.2) is 8.42 Å². The third-order valence-corrected chi connectivity index (χ3v) is 5.41. The highest BCUT2D eigenvalue weighted by atomic mass is 32.2. The van der Waals surface area contributed by atoms with Gasteiger partial charge in [0.2, 0.25) is 0 Å². The lowest BCUT2D eigenvalue weighted by Crippen LogP contribution is -2.46. The summed E-state index contributed by atoms with van der Waals surface area (Å²) in [5.41, 5.74) is 0.727. The topological polar surface area (TPSA) is 85.4 Å². The van der Waals surface area contributed by atoms with Crippen LogP contribution in [0.1, 0.15) is 29.1 Å². The van der Waals surface area contributed by atoms with E-state index in [4.69, 9.17) is 4.42 Å². The number of sulfone groups is 1. The van der Waals surface area contributed by atoms with Gasteiger partial charge in [0, 0.05) is 24.8 Å². The Morgan fingerprint density at radius 2 is 2.32 bits per heavy atom. The van der Waals surface area contributed by atoms with E-state index >= 15 is 0 Å². The molecule has 0 bridgehead atoms. The number of nitrogens with zero attached hydrogens (tertiary/aromatic N) is 3. The smallest absolute Gasteiger partial charge is 0.290 e. The fourth-order valence-corrected chi connectivity index (χ4v) is 4.09. The molecule has 1 atom stereocenters. The minimum atomic E-state index is -3.17. The third-order valence-electron chi connectivity index (χ3n) is 3.79. The molecule has 1 fully saturated rings. The number of furan rings is 1. The van der Waals surface area contributed by atoms with Gasteiger partial charge < -0.3 is 9.32 Å². The predicted molar refractivity (Wildman–Crippen MR) is 79.0 cm³/mol. The number of aryl methyl sites for hydroxylation is 1. The fourth-order valence-electron chi connectivity index (χ4n) is 2.59. The Bertz CT molecular complexity index is 764. The summed E-state index contributed by atoms with van der Waals surface area (Å²) in [4.78, 5) is 14.1. The zero-order chi connectivity index (χ0) is 15.7. The summed E-state index contributed by atoms with van der Waals surface area (Å²) in [5, 5.41) is 4.17. The first-order chi connectivity index (χ1) is 10.5. The average Bonchev–Trinajstić information content (AvgIpc) is 3.17. The molecular weight excluding hydrogens is 306 g/mol. The second-order valence-corrected chi connectivity index (χ2v) is 7.46. The van der Waals surface area contributed by atoms with Gasteiger partial charge in [-0.05, 0) is 19.1 Å². The van der Waals surface area contributed by atoms with Crippen molar-refractivity contribution < 1.29 is 17.6 Å². The Hall–Kier alpha value is -2.09. The number of rotatable bonds is 3. The molecule has 2 aromatic heterocycles. The van der Waals surface area contributed by atoms with Crippen molar-refractivity contribution in [2.45, 2.75) is 19.5 Å². The van der Waals surface area contributed by atoms with Crippen LogP contribution in [0.4, 0.5) is 0 Å². The van der Waals surface area contributed by atoms with Crippen molar-refractivity contribution in [3.05, 3.63) is 42.1 Å². The van der Waals surface area contributed by atoms with Crippen LogP contribution in [-0.2, 0) is 16.4 Å². The second-order valence-electron chi connectivity index (χ2n) is 5.24. The summed E-state index contributed by atoms with van der Waals surface area (Å²) < 4.78 is 30.8. The molecular formula is C14H17N3O4S. The molecule has 1 aliphatic rings. The van der Waals surface area contributed by atoms with E-state index in [2.05, 4.69) is 5.10 Å². The van der Waals surface area contributed by atoms with E-state index in [1.807, 2.05) is 6.92 Å². The van der Waals surface area contributed by atoms with Crippen molar-refractivity contribution in [1.29, 1.82) is 0 Å². The van der Waals surface area contributed by atoms with Gasteiger partial charge in [0.05, 0.1) is 30.0 Å². The number of hydrogen-bond acceptors (Lipinski definition) is 5. The molecule has 2 aromatic rings. The van der Waals surface area contributed by atoms with E-state index in [0.717, 1.165) is 5.56 Å². The van der Waals surface area contributed by atoms with Gasteiger partial charge in [0.25, 0.3) is 5.91 Å². The van der Waals surface area contributed by atoms with Crippen LogP contribution in [0.2, 0.25) is 0 Å².